The fourth-order valence-electron chi connectivity index (χ4n) is 3.79. The molecule has 0 saturated heterocycles. The van der Waals surface area contributed by atoms with Crippen LogP contribution in [0.1, 0.15) is 11.3 Å². The Balaban J connectivity index is 1.26. The molecular formula is C24H20N8O2. The average Bonchev–Trinajstić information content (AvgIpc) is 3.34. The Morgan fingerprint density at radius 2 is 1.79 bits per heavy atom. The van der Waals surface area contributed by atoms with Crippen LogP contribution in [-0.2, 0) is 6.54 Å². The summed E-state index contributed by atoms with van der Waals surface area (Å²) in [7, 11) is 0. The van der Waals surface area contributed by atoms with E-state index in [2.05, 4.69) is 30.4 Å². The Hall–Kier alpha value is -4.60. The highest BCUT2D eigenvalue weighted by molar-refractivity contribution is 5.64. The van der Waals surface area contributed by atoms with Gasteiger partial charge >= 0.3 is 0 Å². The molecule has 1 aliphatic heterocycles. The Morgan fingerprint density at radius 3 is 2.68 bits per heavy atom. The van der Waals surface area contributed by atoms with E-state index in [1.165, 1.54) is 0 Å². The predicted molar refractivity (Wildman–Crippen MR) is 125 cm³/mol. The molecule has 0 unspecified atom stereocenters. The second-order valence-electron chi connectivity index (χ2n) is 7.74. The van der Waals surface area contributed by atoms with Crippen LogP contribution in [-0.4, -0.2) is 47.7 Å². The van der Waals surface area contributed by atoms with Crippen LogP contribution in [0, 0.1) is 6.92 Å². The lowest BCUT2D eigenvalue weighted by atomic mass is 10.2. The molecule has 5 heterocycles. The zero-order valence-corrected chi connectivity index (χ0v) is 18.3. The summed E-state index contributed by atoms with van der Waals surface area (Å²) >= 11 is 0. The van der Waals surface area contributed by atoms with Crippen molar-refractivity contribution in [3.8, 4) is 34.1 Å². The molecule has 10 heteroatoms. The first-order valence-electron chi connectivity index (χ1n) is 10.8. The maximum Gasteiger partial charge on any atom is 0.252 e. The minimum absolute atomic E-state index is 0.517. The van der Waals surface area contributed by atoms with Crippen LogP contribution in [0.15, 0.2) is 61.2 Å². The van der Waals surface area contributed by atoms with E-state index in [4.69, 9.17) is 14.5 Å². The van der Waals surface area contributed by atoms with Crippen LogP contribution in [0.2, 0.25) is 0 Å². The van der Waals surface area contributed by atoms with Gasteiger partial charge in [0, 0.05) is 42.5 Å². The minimum Gasteiger partial charge on any atom is -0.486 e. The zero-order valence-electron chi connectivity index (χ0n) is 18.3. The molecule has 10 nitrogen and oxygen atoms in total. The summed E-state index contributed by atoms with van der Waals surface area (Å²) in [5, 5.41) is 7.92. The van der Waals surface area contributed by atoms with Crippen molar-refractivity contribution in [3.63, 3.8) is 0 Å². The van der Waals surface area contributed by atoms with Gasteiger partial charge in [-0.2, -0.15) is 4.98 Å². The van der Waals surface area contributed by atoms with Crippen molar-refractivity contribution >= 4 is 11.7 Å². The number of anilines is 1. The maximum absolute atomic E-state index is 5.66. The molecule has 1 aliphatic rings. The van der Waals surface area contributed by atoms with Crippen molar-refractivity contribution in [2.24, 2.45) is 0 Å². The van der Waals surface area contributed by atoms with Gasteiger partial charge in [0.1, 0.15) is 13.2 Å². The lowest BCUT2D eigenvalue weighted by Gasteiger charge is -2.19. The van der Waals surface area contributed by atoms with Gasteiger partial charge < -0.3 is 14.8 Å². The van der Waals surface area contributed by atoms with Crippen molar-refractivity contribution in [1.82, 2.24) is 34.5 Å². The van der Waals surface area contributed by atoms with Crippen LogP contribution in [0.4, 0.5) is 5.95 Å². The van der Waals surface area contributed by atoms with E-state index in [0.717, 1.165) is 39.6 Å². The van der Waals surface area contributed by atoms with Crippen LogP contribution >= 0.6 is 0 Å². The number of benzene rings is 1. The first-order valence-corrected chi connectivity index (χ1v) is 10.8. The third kappa shape index (κ3) is 3.75. The Bertz CT molecular complexity index is 1490. The Morgan fingerprint density at radius 1 is 0.941 bits per heavy atom. The van der Waals surface area contributed by atoms with Gasteiger partial charge in [-0.15, -0.1) is 5.10 Å². The molecular weight excluding hydrogens is 432 g/mol. The highest BCUT2D eigenvalue weighted by Gasteiger charge is 2.15. The predicted octanol–water partition coefficient (Wildman–Crippen LogP) is 3.34. The molecule has 1 N–H and O–H groups in total. The van der Waals surface area contributed by atoms with Crippen molar-refractivity contribution in [2.45, 2.75) is 13.5 Å². The molecule has 1 aromatic carbocycles. The molecule has 0 atom stereocenters. The van der Waals surface area contributed by atoms with E-state index < -0.39 is 0 Å². The van der Waals surface area contributed by atoms with Crippen LogP contribution in [0.5, 0.6) is 11.5 Å². The van der Waals surface area contributed by atoms with Gasteiger partial charge in [0.2, 0.25) is 5.95 Å². The lowest BCUT2D eigenvalue weighted by molar-refractivity contribution is 0.171. The van der Waals surface area contributed by atoms with Crippen molar-refractivity contribution < 1.29 is 9.47 Å². The smallest absolute Gasteiger partial charge is 0.252 e. The number of rotatable bonds is 5. The van der Waals surface area contributed by atoms with Gasteiger partial charge in [-0.05, 0) is 42.8 Å². The number of hydrogen-bond acceptors (Lipinski definition) is 9. The van der Waals surface area contributed by atoms with Gasteiger partial charge in [0.15, 0.2) is 17.3 Å². The number of aromatic nitrogens is 7. The summed E-state index contributed by atoms with van der Waals surface area (Å²) in [5.74, 6) is 3.17. The summed E-state index contributed by atoms with van der Waals surface area (Å²) in [6.07, 6.45) is 6.92. The average molecular weight is 452 g/mol. The Labute approximate surface area is 194 Å². The minimum atomic E-state index is 0.517. The van der Waals surface area contributed by atoms with Gasteiger partial charge in [-0.3, -0.25) is 4.98 Å². The summed E-state index contributed by atoms with van der Waals surface area (Å²) in [6, 6.07) is 11.5. The van der Waals surface area contributed by atoms with Crippen LogP contribution in [0.25, 0.3) is 28.4 Å². The normalized spacial score (nSPS) is 12.6. The van der Waals surface area contributed by atoms with E-state index >= 15 is 0 Å². The number of pyridine rings is 1. The number of aryl methyl sites for hydroxylation is 1. The highest BCUT2D eigenvalue weighted by Crippen LogP contribution is 2.31. The molecule has 168 valence electrons. The molecule has 0 bridgehead atoms. The van der Waals surface area contributed by atoms with Crippen molar-refractivity contribution in [1.29, 1.82) is 0 Å². The molecule has 5 aromatic rings. The molecule has 0 saturated carbocycles. The van der Waals surface area contributed by atoms with Crippen molar-refractivity contribution in [3.05, 3.63) is 72.4 Å². The first-order chi connectivity index (χ1) is 16.7. The van der Waals surface area contributed by atoms with E-state index in [-0.39, 0.29) is 0 Å². The molecule has 0 aliphatic carbocycles. The monoisotopic (exact) mass is 452 g/mol. The van der Waals surface area contributed by atoms with Crippen LogP contribution in [0.3, 0.4) is 0 Å². The summed E-state index contributed by atoms with van der Waals surface area (Å²) in [4.78, 5) is 22.1. The fraction of sp³-hybridized carbons (Fsp3) is 0.167. The molecule has 0 spiro atoms. The molecule has 6 rings (SSSR count). The largest absolute Gasteiger partial charge is 0.486 e. The molecule has 34 heavy (non-hydrogen) atoms. The number of fused-ring (bicyclic) bond motifs is 2. The lowest BCUT2D eigenvalue weighted by Crippen LogP contribution is -2.15. The van der Waals surface area contributed by atoms with Crippen molar-refractivity contribution in [2.75, 3.05) is 18.5 Å². The molecule has 0 amide bonds. The topological polar surface area (TPSA) is 112 Å². The fourth-order valence-corrected chi connectivity index (χ4v) is 3.79. The SMILES string of the molecule is Cc1c(-c2ccnc(NCc3ccc4c(c3)OCCO4)n2)cnc2nc(-c3ccncc3)nn12. The van der Waals surface area contributed by atoms with Gasteiger partial charge in [0.05, 0.1) is 11.4 Å². The maximum atomic E-state index is 5.66. The quantitative estimate of drug-likeness (QED) is 0.429. The standard InChI is InChI=1S/C24H20N8O2/c1-15-18(14-28-24-30-22(31-32(15)24)17-4-7-25-8-5-17)19-6-9-26-23(29-19)27-13-16-2-3-20-21(12-16)34-11-10-33-20/h2-9,12,14H,10-11,13H2,1H3,(H,26,27,29). The first kappa shape index (κ1) is 20.0. The second kappa shape index (κ2) is 8.39. The van der Waals surface area contributed by atoms with Gasteiger partial charge in [-0.25, -0.2) is 19.5 Å². The summed E-state index contributed by atoms with van der Waals surface area (Å²) < 4.78 is 13.0. The number of hydrogen-bond donors (Lipinski definition) is 1. The number of nitrogens with zero attached hydrogens (tertiary/aromatic N) is 7. The van der Waals surface area contributed by atoms with Gasteiger partial charge in [-0.1, -0.05) is 6.07 Å². The van der Waals surface area contributed by atoms with E-state index in [1.54, 1.807) is 29.3 Å². The third-order valence-corrected chi connectivity index (χ3v) is 5.53. The van der Waals surface area contributed by atoms with E-state index in [9.17, 15) is 0 Å². The molecule has 0 radical (unpaired) electrons. The Kier molecular flexibility index (Phi) is 4.95. The van der Waals surface area contributed by atoms with E-state index in [1.807, 2.05) is 43.3 Å². The molecule has 4 aromatic heterocycles. The summed E-state index contributed by atoms with van der Waals surface area (Å²) in [6.45, 7) is 3.65. The number of ether oxygens (including phenoxy) is 2. The highest BCUT2D eigenvalue weighted by atomic mass is 16.6. The second-order valence-corrected chi connectivity index (χ2v) is 7.74. The zero-order chi connectivity index (χ0) is 22.9. The molecule has 0 fully saturated rings. The third-order valence-electron chi connectivity index (χ3n) is 5.53. The summed E-state index contributed by atoms with van der Waals surface area (Å²) in [5.41, 5.74) is 4.41. The number of nitrogens with one attached hydrogen (secondary N) is 1. The van der Waals surface area contributed by atoms with Crippen LogP contribution < -0.4 is 14.8 Å². The van der Waals surface area contributed by atoms with Gasteiger partial charge in [0.25, 0.3) is 5.78 Å². The van der Waals surface area contributed by atoms with E-state index in [0.29, 0.717) is 37.3 Å².